The Balaban J connectivity index is 1.55. The zero-order chi connectivity index (χ0) is 25.7. The van der Waals surface area contributed by atoms with Gasteiger partial charge in [0.1, 0.15) is 23.6 Å². The Morgan fingerprint density at radius 3 is 2.53 bits per heavy atom. The van der Waals surface area contributed by atoms with Gasteiger partial charge in [0.05, 0.1) is 35.3 Å². The molecule has 1 saturated heterocycles. The summed E-state index contributed by atoms with van der Waals surface area (Å²) in [5, 5.41) is 0.603. The summed E-state index contributed by atoms with van der Waals surface area (Å²) in [6.07, 6.45) is 1.63. The van der Waals surface area contributed by atoms with Crippen LogP contribution in [-0.2, 0) is 28.7 Å². The highest BCUT2D eigenvalue weighted by atomic mass is 19.3. The number of pyridine rings is 1. The van der Waals surface area contributed by atoms with Crippen LogP contribution in [0.2, 0.25) is 0 Å². The number of aromatic nitrogens is 3. The highest BCUT2D eigenvalue weighted by Crippen LogP contribution is 2.50. The van der Waals surface area contributed by atoms with E-state index in [-0.39, 0.29) is 23.1 Å². The van der Waals surface area contributed by atoms with E-state index in [1.807, 2.05) is 0 Å². The number of methoxy groups -OCH3 is 1. The van der Waals surface area contributed by atoms with Gasteiger partial charge in [-0.05, 0) is 31.7 Å². The SMILES string of the molecule is COC1(c2cc3c(N(C)Cc4cccc(C(F)F)c4F)ncnc3n(C)c2=O)CCC2(CC1)COC2. The molecule has 0 amide bonds. The van der Waals surface area contributed by atoms with Crippen LogP contribution in [0.4, 0.5) is 19.0 Å². The third-order valence-electron chi connectivity index (χ3n) is 7.91. The summed E-state index contributed by atoms with van der Waals surface area (Å²) >= 11 is 0. The number of hydrogen-bond acceptors (Lipinski definition) is 6. The van der Waals surface area contributed by atoms with Crippen molar-refractivity contribution >= 4 is 16.9 Å². The summed E-state index contributed by atoms with van der Waals surface area (Å²) < 4.78 is 54.1. The second-order valence-electron chi connectivity index (χ2n) is 10.0. The second-order valence-corrected chi connectivity index (χ2v) is 10.0. The number of ether oxygens (including phenoxy) is 2. The predicted octanol–water partition coefficient (Wildman–Crippen LogP) is 4.47. The summed E-state index contributed by atoms with van der Waals surface area (Å²) in [6.45, 7) is 1.50. The molecule has 5 rings (SSSR count). The maximum atomic E-state index is 14.7. The van der Waals surface area contributed by atoms with E-state index in [1.54, 1.807) is 32.2 Å². The molecule has 36 heavy (non-hydrogen) atoms. The number of halogens is 3. The number of fused-ring (bicyclic) bond motifs is 1. The van der Waals surface area contributed by atoms with E-state index in [0.717, 1.165) is 32.1 Å². The lowest BCUT2D eigenvalue weighted by Gasteiger charge is -2.50. The quantitative estimate of drug-likeness (QED) is 0.495. The first-order valence-corrected chi connectivity index (χ1v) is 11.9. The molecule has 2 aromatic heterocycles. The van der Waals surface area contributed by atoms with Gasteiger partial charge in [0.2, 0.25) is 0 Å². The minimum absolute atomic E-state index is 0.00855. The van der Waals surface area contributed by atoms with Crippen LogP contribution in [0.15, 0.2) is 35.4 Å². The molecular formula is C26H29F3N4O3. The molecule has 7 nitrogen and oxygen atoms in total. The highest BCUT2D eigenvalue weighted by molar-refractivity contribution is 5.87. The largest absolute Gasteiger partial charge is 0.380 e. The number of alkyl halides is 2. The number of nitrogens with zero attached hydrogens (tertiary/aromatic N) is 4. The Labute approximate surface area is 206 Å². The molecule has 0 N–H and O–H groups in total. The summed E-state index contributed by atoms with van der Waals surface area (Å²) in [5.74, 6) is -0.468. The molecule has 2 fully saturated rings. The zero-order valence-electron chi connectivity index (χ0n) is 20.6. The maximum Gasteiger partial charge on any atom is 0.266 e. The molecule has 192 valence electrons. The number of aryl methyl sites for hydroxylation is 1. The molecule has 1 saturated carbocycles. The average molecular weight is 503 g/mol. The summed E-state index contributed by atoms with van der Waals surface area (Å²) in [5.41, 5.74) is -0.303. The van der Waals surface area contributed by atoms with Crippen LogP contribution < -0.4 is 10.5 Å². The Kier molecular flexibility index (Phi) is 6.28. The van der Waals surface area contributed by atoms with Crippen molar-refractivity contribution in [3.8, 4) is 0 Å². The van der Waals surface area contributed by atoms with Gasteiger partial charge in [0.25, 0.3) is 12.0 Å². The van der Waals surface area contributed by atoms with Crippen LogP contribution in [0, 0.1) is 11.2 Å². The smallest absolute Gasteiger partial charge is 0.266 e. The molecule has 1 spiro atoms. The molecule has 10 heteroatoms. The Morgan fingerprint density at radius 2 is 1.92 bits per heavy atom. The highest BCUT2D eigenvalue weighted by Gasteiger charge is 2.49. The number of rotatable bonds is 6. The molecule has 0 bridgehead atoms. The Hall–Kier alpha value is -2.98. The molecule has 3 aromatic rings. The second kappa shape index (κ2) is 9.15. The van der Waals surface area contributed by atoms with E-state index >= 15 is 0 Å². The van der Waals surface area contributed by atoms with Crippen molar-refractivity contribution in [2.75, 3.05) is 32.3 Å². The first-order chi connectivity index (χ1) is 17.2. The number of anilines is 1. The van der Waals surface area contributed by atoms with Gasteiger partial charge in [0.15, 0.2) is 0 Å². The molecule has 1 aromatic carbocycles. The predicted molar refractivity (Wildman–Crippen MR) is 129 cm³/mol. The van der Waals surface area contributed by atoms with E-state index in [1.165, 1.54) is 23.0 Å². The van der Waals surface area contributed by atoms with Gasteiger partial charge in [-0.15, -0.1) is 0 Å². The van der Waals surface area contributed by atoms with Crippen molar-refractivity contribution < 1.29 is 22.6 Å². The van der Waals surface area contributed by atoms with Crippen molar-refractivity contribution in [3.63, 3.8) is 0 Å². The maximum absolute atomic E-state index is 14.7. The van der Waals surface area contributed by atoms with Crippen molar-refractivity contribution in [2.45, 2.75) is 44.3 Å². The van der Waals surface area contributed by atoms with Crippen LogP contribution in [0.5, 0.6) is 0 Å². The van der Waals surface area contributed by atoms with E-state index in [4.69, 9.17) is 9.47 Å². The topological polar surface area (TPSA) is 69.5 Å². The normalized spacial score (nSPS) is 18.5. The van der Waals surface area contributed by atoms with Gasteiger partial charge in [-0.1, -0.05) is 18.2 Å². The molecule has 1 aliphatic heterocycles. The van der Waals surface area contributed by atoms with Crippen molar-refractivity contribution in [1.29, 1.82) is 0 Å². The van der Waals surface area contributed by atoms with Crippen molar-refractivity contribution in [3.05, 3.63) is 63.5 Å². The lowest BCUT2D eigenvalue weighted by molar-refractivity contribution is -0.168. The van der Waals surface area contributed by atoms with E-state index in [9.17, 15) is 18.0 Å². The third-order valence-corrected chi connectivity index (χ3v) is 7.91. The average Bonchev–Trinajstić information content (AvgIpc) is 2.86. The van der Waals surface area contributed by atoms with E-state index in [0.29, 0.717) is 35.3 Å². The Bertz CT molecular complexity index is 1350. The fourth-order valence-corrected chi connectivity index (χ4v) is 5.55. The first kappa shape index (κ1) is 24.7. The van der Waals surface area contributed by atoms with Gasteiger partial charge in [-0.3, -0.25) is 9.36 Å². The van der Waals surface area contributed by atoms with Crippen LogP contribution in [0.25, 0.3) is 11.0 Å². The molecule has 3 heterocycles. The molecule has 0 unspecified atom stereocenters. The van der Waals surface area contributed by atoms with Crippen LogP contribution in [0.3, 0.4) is 0 Å². The summed E-state index contributed by atoms with van der Waals surface area (Å²) in [7, 11) is 4.99. The van der Waals surface area contributed by atoms with Crippen molar-refractivity contribution in [2.24, 2.45) is 12.5 Å². The van der Waals surface area contributed by atoms with Crippen LogP contribution in [-0.4, -0.2) is 41.9 Å². The lowest BCUT2D eigenvalue weighted by atomic mass is 9.66. The van der Waals surface area contributed by atoms with Crippen LogP contribution >= 0.6 is 0 Å². The molecule has 0 atom stereocenters. The van der Waals surface area contributed by atoms with Crippen molar-refractivity contribution in [1.82, 2.24) is 14.5 Å². The summed E-state index contributed by atoms with van der Waals surface area (Å²) in [4.78, 5) is 23.9. The zero-order valence-corrected chi connectivity index (χ0v) is 20.6. The van der Waals surface area contributed by atoms with Crippen LogP contribution in [0.1, 0.15) is 48.8 Å². The standard InChI is InChI=1S/C26H29F3N4O3/c1-32(12-16-5-4-6-17(20(16)27)21(28)29)22-18-11-19(24(34)33(2)23(18)31-15-30-22)26(35-3)9-7-25(8-10-26)13-36-14-25/h4-6,11,15,21H,7-10,12-14H2,1-3H3. The first-order valence-electron chi connectivity index (χ1n) is 11.9. The van der Waals surface area contributed by atoms with E-state index < -0.39 is 23.4 Å². The van der Waals surface area contributed by atoms with Gasteiger partial charge in [-0.2, -0.15) is 0 Å². The monoisotopic (exact) mass is 502 g/mol. The number of benzene rings is 1. The minimum atomic E-state index is -2.90. The fourth-order valence-electron chi connectivity index (χ4n) is 5.55. The molecule has 1 aliphatic carbocycles. The van der Waals surface area contributed by atoms with Gasteiger partial charge < -0.3 is 14.4 Å². The summed E-state index contributed by atoms with van der Waals surface area (Å²) in [6, 6.07) is 5.76. The van der Waals surface area contributed by atoms with Gasteiger partial charge in [-0.25, -0.2) is 23.1 Å². The Morgan fingerprint density at radius 1 is 1.19 bits per heavy atom. The molecule has 2 aliphatic rings. The van der Waals surface area contributed by atoms with Gasteiger partial charge >= 0.3 is 0 Å². The molecular weight excluding hydrogens is 473 g/mol. The van der Waals surface area contributed by atoms with E-state index in [2.05, 4.69) is 9.97 Å². The third kappa shape index (κ3) is 3.96. The molecule has 0 radical (unpaired) electrons. The van der Waals surface area contributed by atoms with Gasteiger partial charge in [0, 0.05) is 38.7 Å². The fraction of sp³-hybridized carbons (Fsp3) is 0.500. The number of hydrogen-bond donors (Lipinski definition) is 0. The lowest BCUT2D eigenvalue weighted by Crippen LogP contribution is -2.50. The minimum Gasteiger partial charge on any atom is -0.380 e.